The van der Waals surface area contributed by atoms with Crippen LogP contribution in [0.5, 0.6) is 0 Å². The number of hydrogen-bond acceptors (Lipinski definition) is 0. The summed E-state index contributed by atoms with van der Waals surface area (Å²) in [4.78, 5) is 0. The third kappa shape index (κ3) is 4.92. The van der Waals surface area contributed by atoms with E-state index in [2.05, 4.69) is 131 Å². The van der Waals surface area contributed by atoms with Gasteiger partial charge in [-0.2, -0.15) is 0 Å². The van der Waals surface area contributed by atoms with Gasteiger partial charge in [-0.05, 0) is 0 Å². The summed E-state index contributed by atoms with van der Waals surface area (Å²) in [6, 6.07) is 27.4. The first-order valence-corrected chi connectivity index (χ1v) is 17.4. The first-order valence-electron chi connectivity index (χ1n) is 15.0. The third-order valence-corrected chi connectivity index (χ3v) is 12.5. The summed E-state index contributed by atoms with van der Waals surface area (Å²) in [5.41, 5.74) is 11.9. The Kier molecular flexibility index (Phi) is 7.87. The van der Waals surface area contributed by atoms with Crippen LogP contribution in [-0.2, 0) is 29.2 Å². The molecule has 1 unspecified atom stereocenters. The number of hydrogen-bond donors (Lipinski definition) is 0. The van der Waals surface area contributed by atoms with Crippen molar-refractivity contribution in [3.8, 4) is 0 Å². The van der Waals surface area contributed by atoms with E-state index in [9.17, 15) is 0 Å². The molecule has 199 valence electrons. The van der Waals surface area contributed by atoms with E-state index in [0.717, 1.165) is 12.8 Å². The second-order valence-corrected chi connectivity index (χ2v) is 14.8. The Morgan fingerprint density at radius 1 is 0.900 bits per heavy atom. The van der Waals surface area contributed by atoms with Gasteiger partial charge in [-0.15, -0.1) is 0 Å². The fourth-order valence-electron chi connectivity index (χ4n) is 6.96. The number of rotatable bonds is 8. The molecule has 0 radical (unpaired) electrons. The van der Waals surface area contributed by atoms with Crippen LogP contribution in [0.2, 0.25) is 0 Å². The quantitative estimate of drug-likeness (QED) is 0.246. The first-order chi connectivity index (χ1) is 19.5. The summed E-state index contributed by atoms with van der Waals surface area (Å²) < 4.78 is 3.24. The number of allylic oxidation sites excluding steroid dienone is 8. The number of fused-ring (bicyclic) bond motifs is 2. The molecule has 0 fully saturated rings. The molecule has 0 heterocycles. The summed E-state index contributed by atoms with van der Waals surface area (Å²) in [5.74, 6) is 0. The van der Waals surface area contributed by atoms with Crippen LogP contribution in [-0.4, -0.2) is 3.21 Å². The average molecular weight is 599 g/mol. The fraction of sp³-hybridized carbons (Fsp3) is 0.256. The standard InChI is InChI=1S/C26H29.C13H10.Zr/c1-5-9-20-15-18(3)16-21-17-23-22(24(20)21)12-14-26(4,13-6-2)25(23)19-10-7-8-11-19;1-3-7-12(8-4-1)11-13-9-5-2-6-10-13;/h7-8,10,12,14-16H,5-6,9,11,13H2,1-4H3;1-10H;. The molecule has 0 saturated heterocycles. The van der Waals surface area contributed by atoms with Gasteiger partial charge in [-0.1, -0.05) is 0 Å². The van der Waals surface area contributed by atoms with E-state index in [0.29, 0.717) is 0 Å². The molecule has 0 aliphatic heterocycles. The van der Waals surface area contributed by atoms with E-state index in [1.165, 1.54) is 63.1 Å². The van der Waals surface area contributed by atoms with Gasteiger partial charge in [-0.25, -0.2) is 0 Å². The van der Waals surface area contributed by atoms with Crippen molar-refractivity contribution in [2.75, 3.05) is 0 Å². The van der Waals surface area contributed by atoms with Crippen molar-refractivity contribution in [2.45, 2.75) is 59.8 Å². The summed E-state index contributed by atoms with van der Waals surface area (Å²) in [6.45, 7) is 9.45. The van der Waals surface area contributed by atoms with Crippen LogP contribution in [0.15, 0.2) is 120 Å². The van der Waals surface area contributed by atoms with Gasteiger partial charge in [0.25, 0.3) is 0 Å². The summed E-state index contributed by atoms with van der Waals surface area (Å²) in [5, 5.41) is 3.05. The van der Waals surface area contributed by atoms with Crippen molar-refractivity contribution in [1.82, 2.24) is 0 Å². The Morgan fingerprint density at radius 3 is 2.20 bits per heavy atom. The minimum absolute atomic E-state index is 0.0533. The maximum absolute atomic E-state index is 2.55. The molecule has 3 aromatic rings. The van der Waals surface area contributed by atoms with Crippen LogP contribution in [0, 0.1) is 12.3 Å². The zero-order valence-electron chi connectivity index (χ0n) is 24.4. The number of benzene rings is 3. The van der Waals surface area contributed by atoms with Crippen LogP contribution in [0.1, 0.15) is 68.7 Å². The van der Waals surface area contributed by atoms with Gasteiger partial charge >= 0.3 is 253 Å². The molecule has 0 amide bonds. The van der Waals surface area contributed by atoms with Gasteiger partial charge in [0, 0.05) is 0 Å². The number of aryl methyl sites for hydroxylation is 2. The molecule has 0 bridgehead atoms. The van der Waals surface area contributed by atoms with Gasteiger partial charge in [0.15, 0.2) is 0 Å². The Bertz CT molecular complexity index is 1680. The van der Waals surface area contributed by atoms with Gasteiger partial charge in [0.1, 0.15) is 0 Å². The van der Waals surface area contributed by atoms with Crippen molar-refractivity contribution in [2.24, 2.45) is 5.41 Å². The monoisotopic (exact) mass is 597 g/mol. The summed E-state index contributed by atoms with van der Waals surface area (Å²) in [6.07, 6.45) is 17.8. The predicted octanol–water partition coefficient (Wildman–Crippen LogP) is 8.13. The van der Waals surface area contributed by atoms with Crippen molar-refractivity contribution >= 4 is 12.1 Å². The van der Waals surface area contributed by atoms with Crippen LogP contribution in [0.25, 0.3) is 8.85 Å². The van der Waals surface area contributed by atoms with Gasteiger partial charge in [0.2, 0.25) is 0 Å². The van der Waals surface area contributed by atoms with Gasteiger partial charge in [-0.3, -0.25) is 0 Å². The molecule has 0 spiro atoms. The van der Waals surface area contributed by atoms with Crippen LogP contribution in [0.3, 0.4) is 0 Å². The Morgan fingerprint density at radius 2 is 1.60 bits per heavy atom. The van der Waals surface area contributed by atoms with E-state index in [1.54, 1.807) is 17.6 Å². The van der Waals surface area contributed by atoms with Gasteiger partial charge < -0.3 is 0 Å². The van der Waals surface area contributed by atoms with Crippen molar-refractivity contribution < 1.29 is 22.8 Å². The van der Waals surface area contributed by atoms with E-state index >= 15 is 0 Å². The fourth-order valence-corrected chi connectivity index (χ4v) is 10.9. The SMILES string of the molecule is CCCc1cc(C)cc2c1=C1C=CC(C)(CCC)C(C3=CC=CC3)=C1[C]=2[Zr]=[C](c1ccccc1)c1ccccc1. The molecule has 0 N–H and O–H groups in total. The normalized spacial score (nSPS) is 19.1. The molecule has 1 atom stereocenters. The average Bonchev–Trinajstić information content (AvgIpc) is 3.59. The zero-order valence-corrected chi connectivity index (χ0v) is 26.8. The topological polar surface area (TPSA) is 0 Å². The van der Waals surface area contributed by atoms with Crippen molar-refractivity contribution in [3.05, 3.63) is 153 Å². The van der Waals surface area contributed by atoms with Gasteiger partial charge in [0.05, 0.1) is 0 Å². The molecular weight excluding hydrogens is 560 g/mol. The summed E-state index contributed by atoms with van der Waals surface area (Å²) >= 11 is -1.26. The third-order valence-electron chi connectivity index (χ3n) is 8.62. The van der Waals surface area contributed by atoms with E-state index < -0.39 is 22.8 Å². The minimum atomic E-state index is -1.26. The molecule has 6 rings (SSSR count). The molecule has 0 aromatic heterocycles. The van der Waals surface area contributed by atoms with E-state index in [-0.39, 0.29) is 5.41 Å². The van der Waals surface area contributed by atoms with Crippen LogP contribution in [0.4, 0.5) is 0 Å². The zero-order chi connectivity index (χ0) is 27.7. The van der Waals surface area contributed by atoms with Crippen molar-refractivity contribution in [1.29, 1.82) is 0 Å². The molecule has 0 nitrogen and oxygen atoms in total. The second-order valence-electron chi connectivity index (χ2n) is 11.7. The Balaban J connectivity index is 1.77. The van der Waals surface area contributed by atoms with E-state index in [1.807, 2.05) is 0 Å². The molecule has 3 aliphatic rings. The predicted molar refractivity (Wildman–Crippen MR) is 168 cm³/mol. The Hall–Kier alpha value is -2.89. The Labute approximate surface area is 251 Å². The van der Waals surface area contributed by atoms with Crippen LogP contribution >= 0.6 is 0 Å². The van der Waals surface area contributed by atoms with Crippen molar-refractivity contribution in [3.63, 3.8) is 0 Å². The molecule has 0 saturated carbocycles. The van der Waals surface area contributed by atoms with E-state index in [4.69, 9.17) is 0 Å². The first kappa shape index (κ1) is 27.3. The molecule has 1 heteroatoms. The summed E-state index contributed by atoms with van der Waals surface area (Å²) in [7, 11) is 0. The molecule has 3 aliphatic carbocycles. The second kappa shape index (κ2) is 11.5. The maximum atomic E-state index is 2.55. The molecule has 3 aromatic carbocycles. The van der Waals surface area contributed by atoms with Crippen LogP contribution < -0.4 is 10.4 Å². The molecule has 40 heavy (non-hydrogen) atoms. The molecular formula is C39H39Zr.